The number of thioether (sulfide) groups is 1. The molecule has 3 nitrogen and oxygen atoms in total. The number of rotatable bonds is 11. The number of benzene rings is 4. The Kier molecular flexibility index (Phi) is 10.7. The van der Waals surface area contributed by atoms with Crippen LogP contribution in [0.2, 0.25) is 0 Å². The van der Waals surface area contributed by atoms with Gasteiger partial charge in [-0.2, -0.15) is 0 Å². The third-order valence-electron chi connectivity index (χ3n) is 6.60. The number of likely N-dealkylation sites (N-methyl/N-ethyl adjacent to an activating group) is 1. The predicted molar refractivity (Wildman–Crippen MR) is 156 cm³/mol. The van der Waals surface area contributed by atoms with Gasteiger partial charge in [-0.05, 0) is 71.1 Å². The van der Waals surface area contributed by atoms with Gasteiger partial charge >= 0.3 is 0 Å². The summed E-state index contributed by atoms with van der Waals surface area (Å²) in [6.07, 6.45) is 1.60. The SMILES string of the molecule is CCN(CC)CC(O)COc1ccc(C(c2ccc(SC)cc2)c2cccc3ccccc23)cc1.Cl. The van der Waals surface area contributed by atoms with Gasteiger partial charge < -0.3 is 14.7 Å². The molecule has 4 aromatic rings. The van der Waals surface area contributed by atoms with Crippen molar-refractivity contribution >= 4 is 34.9 Å². The average molecular weight is 522 g/mol. The molecule has 0 bridgehead atoms. The molecule has 0 aliphatic rings. The summed E-state index contributed by atoms with van der Waals surface area (Å²) in [5, 5.41) is 12.9. The van der Waals surface area contributed by atoms with E-state index in [-0.39, 0.29) is 18.3 Å². The van der Waals surface area contributed by atoms with Crippen molar-refractivity contribution in [2.75, 3.05) is 32.5 Å². The predicted octanol–water partition coefficient (Wildman–Crippen LogP) is 7.25. The molecule has 0 saturated carbocycles. The summed E-state index contributed by atoms with van der Waals surface area (Å²) in [6.45, 7) is 6.98. The fraction of sp³-hybridized carbons (Fsp3) is 0.290. The van der Waals surface area contributed by atoms with Gasteiger partial charge in [0.05, 0.1) is 0 Å². The maximum atomic E-state index is 10.4. The van der Waals surface area contributed by atoms with Gasteiger partial charge in [-0.25, -0.2) is 0 Å². The van der Waals surface area contributed by atoms with Crippen molar-refractivity contribution in [2.45, 2.75) is 30.8 Å². The van der Waals surface area contributed by atoms with Crippen LogP contribution in [0, 0.1) is 0 Å². The standard InChI is InChI=1S/C31H35NO2S.ClH/c1-4-32(5-2)21-26(33)22-34-27-17-13-24(14-18-27)31(25-15-19-28(35-3)20-16-25)30-12-8-10-23-9-6-7-11-29(23)30;/h6-20,26,31,33H,4-5,21-22H2,1-3H3;1H. The maximum Gasteiger partial charge on any atom is 0.119 e. The molecule has 36 heavy (non-hydrogen) atoms. The second-order valence-electron chi connectivity index (χ2n) is 8.79. The molecule has 2 atom stereocenters. The van der Waals surface area contributed by atoms with Gasteiger partial charge in [0.25, 0.3) is 0 Å². The lowest BCUT2D eigenvalue weighted by molar-refractivity contribution is 0.0716. The average Bonchev–Trinajstić information content (AvgIpc) is 2.92. The highest BCUT2D eigenvalue weighted by Crippen LogP contribution is 2.37. The van der Waals surface area contributed by atoms with Crippen LogP contribution in [-0.2, 0) is 0 Å². The number of hydrogen-bond donors (Lipinski definition) is 1. The normalized spacial score (nSPS) is 12.8. The first-order valence-corrected chi connectivity index (χ1v) is 13.6. The smallest absolute Gasteiger partial charge is 0.119 e. The summed E-state index contributed by atoms with van der Waals surface area (Å²) >= 11 is 1.76. The van der Waals surface area contributed by atoms with Gasteiger partial charge in [0.15, 0.2) is 0 Å². The van der Waals surface area contributed by atoms with Gasteiger partial charge in [0.2, 0.25) is 0 Å². The minimum absolute atomic E-state index is 0. The Hall–Kier alpha value is -2.50. The fourth-order valence-electron chi connectivity index (χ4n) is 4.63. The van der Waals surface area contributed by atoms with E-state index in [0.717, 1.165) is 18.8 Å². The van der Waals surface area contributed by atoms with Crippen LogP contribution in [-0.4, -0.2) is 48.6 Å². The highest BCUT2D eigenvalue weighted by molar-refractivity contribution is 7.98. The number of ether oxygens (including phenoxy) is 1. The largest absolute Gasteiger partial charge is 0.491 e. The molecule has 0 aliphatic heterocycles. The molecule has 0 aromatic heterocycles. The number of hydrogen-bond acceptors (Lipinski definition) is 4. The summed E-state index contributed by atoms with van der Waals surface area (Å²) in [5.41, 5.74) is 3.78. The minimum Gasteiger partial charge on any atom is -0.491 e. The summed E-state index contributed by atoms with van der Waals surface area (Å²) < 4.78 is 5.92. The minimum atomic E-state index is -0.507. The van der Waals surface area contributed by atoms with Crippen molar-refractivity contribution in [2.24, 2.45) is 0 Å². The Balaban J connectivity index is 0.00000361. The molecule has 190 valence electrons. The molecular formula is C31H36ClNO2S. The topological polar surface area (TPSA) is 32.7 Å². The van der Waals surface area contributed by atoms with Crippen LogP contribution < -0.4 is 4.74 Å². The highest BCUT2D eigenvalue weighted by atomic mass is 35.5. The van der Waals surface area contributed by atoms with Crippen LogP contribution in [0.5, 0.6) is 5.75 Å². The van der Waals surface area contributed by atoms with E-state index >= 15 is 0 Å². The first kappa shape index (κ1) is 28.1. The summed E-state index contributed by atoms with van der Waals surface area (Å²) in [4.78, 5) is 3.46. The van der Waals surface area contributed by atoms with Gasteiger partial charge in [0.1, 0.15) is 18.5 Å². The fourth-order valence-corrected chi connectivity index (χ4v) is 5.04. The molecule has 0 radical (unpaired) electrons. The molecule has 2 unspecified atom stereocenters. The zero-order valence-electron chi connectivity index (χ0n) is 21.3. The van der Waals surface area contributed by atoms with E-state index in [1.807, 2.05) is 12.1 Å². The van der Waals surface area contributed by atoms with Crippen molar-refractivity contribution < 1.29 is 9.84 Å². The molecular weight excluding hydrogens is 486 g/mol. The van der Waals surface area contributed by atoms with E-state index in [0.29, 0.717) is 13.2 Å². The Bertz CT molecular complexity index is 1200. The molecule has 0 saturated heterocycles. The zero-order valence-corrected chi connectivity index (χ0v) is 22.9. The van der Waals surface area contributed by atoms with Crippen molar-refractivity contribution in [3.63, 3.8) is 0 Å². The molecule has 0 heterocycles. The van der Waals surface area contributed by atoms with Crippen LogP contribution in [0.4, 0.5) is 0 Å². The Labute approximate surface area is 225 Å². The number of fused-ring (bicyclic) bond motifs is 1. The van der Waals surface area contributed by atoms with E-state index < -0.39 is 6.10 Å². The van der Waals surface area contributed by atoms with Gasteiger partial charge in [-0.15, -0.1) is 24.2 Å². The molecule has 1 N–H and O–H groups in total. The summed E-state index contributed by atoms with van der Waals surface area (Å²) in [7, 11) is 0. The quantitative estimate of drug-likeness (QED) is 0.166. The van der Waals surface area contributed by atoms with Crippen LogP contribution in [0.1, 0.15) is 36.5 Å². The van der Waals surface area contributed by atoms with Crippen LogP contribution in [0.3, 0.4) is 0 Å². The molecule has 4 aromatic carbocycles. The van der Waals surface area contributed by atoms with Crippen molar-refractivity contribution in [1.82, 2.24) is 4.90 Å². The summed E-state index contributed by atoms with van der Waals surface area (Å²) in [6, 6.07) is 32.4. The Morgan fingerprint density at radius 2 is 1.42 bits per heavy atom. The number of nitrogens with zero attached hydrogens (tertiary/aromatic N) is 1. The van der Waals surface area contributed by atoms with Crippen molar-refractivity contribution in [3.05, 3.63) is 108 Å². The van der Waals surface area contributed by atoms with Crippen molar-refractivity contribution in [3.8, 4) is 5.75 Å². The highest BCUT2D eigenvalue weighted by Gasteiger charge is 2.19. The van der Waals surface area contributed by atoms with Gasteiger partial charge in [-0.3, -0.25) is 0 Å². The molecule has 4 rings (SSSR count). The zero-order chi connectivity index (χ0) is 24.6. The van der Waals surface area contributed by atoms with Crippen molar-refractivity contribution in [1.29, 1.82) is 0 Å². The third kappa shape index (κ3) is 6.83. The van der Waals surface area contributed by atoms with E-state index in [1.54, 1.807) is 11.8 Å². The molecule has 0 spiro atoms. The third-order valence-corrected chi connectivity index (χ3v) is 7.35. The van der Waals surface area contributed by atoms with Crippen LogP contribution in [0.15, 0.2) is 95.9 Å². The lowest BCUT2D eigenvalue weighted by Crippen LogP contribution is -2.35. The van der Waals surface area contributed by atoms with Crippen LogP contribution >= 0.6 is 24.2 Å². The Morgan fingerprint density at radius 3 is 2.06 bits per heavy atom. The monoisotopic (exact) mass is 521 g/mol. The number of aliphatic hydroxyl groups is 1. The van der Waals surface area contributed by atoms with Gasteiger partial charge in [0, 0.05) is 17.4 Å². The first-order chi connectivity index (χ1) is 17.1. The van der Waals surface area contributed by atoms with E-state index in [1.165, 1.54) is 32.4 Å². The summed E-state index contributed by atoms with van der Waals surface area (Å²) in [5.74, 6) is 0.890. The van der Waals surface area contributed by atoms with E-state index in [4.69, 9.17) is 4.74 Å². The molecule has 0 amide bonds. The number of halogens is 1. The molecule has 5 heteroatoms. The lowest BCUT2D eigenvalue weighted by atomic mass is 9.83. The van der Waals surface area contributed by atoms with Gasteiger partial charge in [-0.1, -0.05) is 80.6 Å². The van der Waals surface area contributed by atoms with E-state index in [2.05, 4.69) is 104 Å². The second-order valence-corrected chi connectivity index (χ2v) is 9.67. The maximum absolute atomic E-state index is 10.4. The molecule has 0 fully saturated rings. The lowest BCUT2D eigenvalue weighted by Gasteiger charge is -2.23. The first-order valence-electron chi connectivity index (χ1n) is 12.4. The molecule has 0 aliphatic carbocycles. The number of aliphatic hydroxyl groups excluding tert-OH is 1. The second kappa shape index (κ2) is 13.7. The van der Waals surface area contributed by atoms with E-state index in [9.17, 15) is 5.11 Å². The Morgan fingerprint density at radius 1 is 0.806 bits per heavy atom. The van der Waals surface area contributed by atoms with Crippen LogP contribution in [0.25, 0.3) is 10.8 Å².